The standard InChI is InChI=1S/C34H55NO6/c1-25(2)9-6-10-26(3)11-7-12-28(24-41-22-21-37)30-15-17-34(32(30)39)31(13-8-20-36)29(27(4)23-38)14-16-33(34,40)18-19-35-5/h7,9,11-12,23,30-32,35-37,39-40H,3,6,8,10,13-22,24H2,1-2,4-5H3/b11-7+,28-12-,29-27-/t30-,31-,32+,33-,34+/m0/s1. The summed E-state index contributed by atoms with van der Waals surface area (Å²) in [5, 5.41) is 46.9. The molecule has 0 amide bonds. The fourth-order valence-corrected chi connectivity index (χ4v) is 7.15. The highest BCUT2D eigenvalue weighted by molar-refractivity contribution is 5.74. The van der Waals surface area contributed by atoms with Crippen molar-refractivity contribution in [2.75, 3.05) is 40.0 Å². The highest BCUT2D eigenvalue weighted by atomic mass is 16.5. The fraction of sp³-hybridized carbons (Fsp3) is 0.676. The minimum absolute atomic E-state index is 0.0108. The minimum Gasteiger partial charge on any atom is -0.396 e. The molecule has 0 heterocycles. The van der Waals surface area contributed by atoms with Gasteiger partial charge in [0.05, 0.1) is 31.5 Å². The number of ether oxygens (including phenoxy) is 1. The molecular weight excluding hydrogens is 518 g/mol. The van der Waals surface area contributed by atoms with E-state index in [9.17, 15) is 25.2 Å². The first kappa shape index (κ1) is 35.3. The average Bonchev–Trinajstić information content (AvgIpc) is 3.29. The van der Waals surface area contributed by atoms with Gasteiger partial charge < -0.3 is 30.5 Å². The van der Waals surface area contributed by atoms with E-state index < -0.39 is 17.1 Å². The van der Waals surface area contributed by atoms with Gasteiger partial charge in [-0.2, -0.15) is 0 Å². The van der Waals surface area contributed by atoms with Gasteiger partial charge in [-0.3, -0.25) is 4.79 Å². The number of hydrogen-bond donors (Lipinski definition) is 5. The van der Waals surface area contributed by atoms with Gasteiger partial charge in [0.2, 0.25) is 0 Å². The van der Waals surface area contributed by atoms with Crippen molar-refractivity contribution in [3.8, 4) is 0 Å². The molecule has 2 aliphatic carbocycles. The van der Waals surface area contributed by atoms with Crippen LogP contribution in [0, 0.1) is 17.3 Å². The second-order valence-corrected chi connectivity index (χ2v) is 12.1. The quantitative estimate of drug-likeness (QED) is 0.0568. The van der Waals surface area contributed by atoms with Gasteiger partial charge in [-0.05, 0) is 109 Å². The van der Waals surface area contributed by atoms with Crippen molar-refractivity contribution in [2.24, 2.45) is 17.3 Å². The van der Waals surface area contributed by atoms with Crippen LogP contribution in [-0.4, -0.2) is 78.4 Å². The van der Waals surface area contributed by atoms with Crippen LogP contribution >= 0.6 is 0 Å². The summed E-state index contributed by atoms with van der Waals surface area (Å²) in [6, 6.07) is 0. The van der Waals surface area contributed by atoms with Gasteiger partial charge in [-0.1, -0.05) is 47.6 Å². The zero-order valence-electron chi connectivity index (χ0n) is 25.8. The summed E-state index contributed by atoms with van der Waals surface area (Å²) in [6.07, 6.45) is 13.9. The topological polar surface area (TPSA) is 119 Å². The maximum absolute atomic E-state index is 12.4. The molecule has 2 saturated carbocycles. The predicted octanol–water partition coefficient (Wildman–Crippen LogP) is 4.58. The van der Waals surface area contributed by atoms with Crippen LogP contribution in [-0.2, 0) is 9.53 Å². The highest BCUT2D eigenvalue weighted by Gasteiger charge is 2.65. The number of rotatable bonds is 17. The third-order valence-corrected chi connectivity index (χ3v) is 9.26. The molecule has 0 aromatic carbocycles. The maximum Gasteiger partial charge on any atom is 0.145 e. The van der Waals surface area contributed by atoms with Crippen LogP contribution in [0.25, 0.3) is 0 Å². The molecule has 7 nitrogen and oxygen atoms in total. The van der Waals surface area contributed by atoms with Crippen molar-refractivity contribution >= 4 is 6.29 Å². The van der Waals surface area contributed by atoms with Gasteiger partial charge in [-0.25, -0.2) is 0 Å². The van der Waals surface area contributed by atoms with E-state index in [4.69, 9.17) is 4.74 Å². The van der Waals surface area contributed by atoms with Gasteiger partial charge >= 0.3 is 0 Å². The van der Waals surface area contributed by atoms with E-state index in [-0.39, 0.29) is 38.3 Å². The van der Waals surface area contributed by atoms with E-state index in [2.05, 4.69) is 31.8 Å². The van der Waals surface area contributed by atoms with Gasteiger partial charge in [0, 0.05) is 17.9 Å². The van der Waals surface area contributed by atoms with E-state index in [1.807, 2.05) is 32.2 Å². The van der Waals surface area contributed by atoms with Gasteiger partial charge in [0.15, 0.2) is 0 Å². The number of allylic oxidation sites excluding steroid dienone is 8. The second kappa shape index (κ2) is 17.3. The number of aliphatic hydroxyl groups excluding tert-OH is 3. The van der Waals surface area contributed by atoms with Gasteiger partial charge in [0.25, 0.3) is 0 Å². The normalized spacial score (nSPS) is 29.8. The summed E-state index contributed by atoms with van der Waals surface area (Å²) in [6.45, 7) is 11.1. The molecule has 0 unspecified atom stereocenters. The third-order valence-electron chi connectivity index (χ3n) is 9.26. The van der Waals surface area contributed by atoms with E-state index in [1.54, 1.807) is 0 Å². The van der Waals surface area contributed by atoms with Crippen molar-refractivity contribution in [2.45, 2.75) is 90.3 Å². The van der Waals surface area contributed by atoms with Crippen molar-refractivity contribution in [3.05, 3.63) is 58.7 Å². The van der Waals surface area contributed by atoms with Crippen molar-refractivity contribution in [1.82, 2.24) is 5.32 Å². The van der Waals surface area contributed by atoms with Crippen LogP contribution in [0.15, 0.2) is 58.7 Å². The zero-order valence-corrected chi connectivity index (χ0v) is 25.8. The zero-order chi connectivity index (χ0) is 30.5. The van der Waals surface area contributed by atoms with Crippen molar-refractivity contribution in [3.63, 3.8) is 0 Å². The summed E-state index contributed by atoms with van der Waals surface area (Å²) >= 11 is 0. The molecule has 2 fully saturated rings. The number of aldehydes is 1. The van der Waals surface area contributed by atoms with Crippen molar-refractivity contribution < 1.29 is 30.0 Å². The Morgan fingerprint density at radius 1 is 1.20 bits per heavy atom. The fourth-order valence-electron chi connectivity index (χ4n) is 7.15. The lowest BCUT2D eigenvalue weighted by molar-refractivity contribution is -0.180. The van der Waals surface area contributed by atoms with E-state index in [0.717, 1.165) is 35.8 Å². The smallest absolute Gasteiger partial charge is 0.145 e. The molecule has 5 atom stereocenters. The van der Waals surface area contributed by atoms with Crippen LogP contribution in [0.2, 0.25) is 0 Å². The Kier molecular flexibility index (Phi) is 14.9. The molecule has 7 heteroatoms. The molecule has 1 spiro atoms. The van der Waals surface area contributed by atoms with Crippen LogP contribution in [0.5, 0.6) is 0 Å². The monoisotopic (exact) mass is 573 g/mol. The van der Waals surface area contributed by atoms with Gasteiger partial charge in [0.1, 0.15) is 6.29 Å². The lowest BCUT2D eigenvalue weighted by atomic mass is 9.51. The molecule has 2 aliphatic rings. The molecule has 41 heavy (non-hydrogen) atoms. The molecule has 5 N–H and O–H groups in total. The van der Waals surface area contributed by atoms with Crippen molar-refractivity contribution in [1.29, 1.82) is 0 Å². The third kappa shape index (κ3) is 8.82. The first-order valence-electron chi connectivity index (χ1n) is 15.3. The van der Waals surface area contributed by atoms with Crippen LogP contribution < -0.4 is 5.32 Å². The Morgan fingerprint density at radius 3 is 2.59 bits per heavy atom. The summed E-state index contributed by atoms with van der Waals surface area (Å²) in [7, 11) is 1.86. The van der Waals surface area contributed by atoms with Gasteiger partial charge in [-0.15, -0.1) is 0 Å². The molecule has 232 valence electrons. The minimum atomic E-state index is -1.14. The van der Waals surface area contributed by atoms with Crippen LogP contribution in [0.3, 0.4) is 0 Å². The number of nitrogens with one attached hydrogen (secondary N) is 1. The molecule has 2 rings (SSSR count). The Morgan fingerprint density at radius 2 is 1.95 bits per heavy atom. The predicted molar refractivity (Wildman–Crippen MR) is 165 cm³/mol. The Labute approximate surface area is 247 Å². The molecule has 0 aliphatic heterocycles. The lowest BCUT2D eigenvalue weighted by Gasteiger charge is -2.57. The molecule has 0 saturated heterocycles. The maximum atomic E-state index is 12.4. The Hall–Kier alpha value is -1.87. The molecule has 0 aromatic heterocycles. The summed E-state index contributed by atoms with van der Waals surface area (Å²) in [5.74, 6) is -0.480. The Balaban J connectivity index is 2.52. The second-order valence-electron chi connectivity index (χ2n) is 12.1. The van der Waals surface area contributed by atoms with Crippen LogP contribution in [0.4, 0.5) is 0 Å². The lowest BCUT2D eigenvalue weighted by Crippen LogP contribution is -2.61. The number of carbonyl (C=O) groups is 1. The number of hydrogen-bond acceptors (Lipinski definition) is 7. The first-order valence-corrected chi connectivity index (χ1v) is 15.3. The highest BCUT2D eigenvalue weighted by Crippen LogP contribution is 2.63. The van der Waals surface area contributed by atoms with E-state index in [1.165, 1.54) is 5.57 Å². The van der Waals surface area contributed by atoms with E-state index in [0.29, 0.717) is 57.1 Å². The first-order chi connectivity index (χ1) is 19.6. The number of aliphatic hydroxyl groups is 4. The molecule has 0 radical (unpaired) electrons. The largest absolute Gasteiger partial charge is 0.396 e. The Bertz CT molecular complexity index is 978. The average molecular weight is 574 g/mol. The molecule has 0 bridgehead atoms. The SMILES string of the molecule is C=C(/C=C/C=C(/COCCO)[C@@H]1CC[C@]2([C@@H]1O)[C@@H](CCCO)/C(=C(/C)C=O)CC[C@]2(O)CCNC)CCC=C(C)C. The van der Waals surface area contributed by atoms with E-state index >= 15 is 0 Å². The molecule has 0 aromatic rings. The summed E-state index contributed by atoms with van der Waals surface area (Å²) in [5.41, 5.74) is 2.86. The summed E-state index contributed by atoms with van der Waals surface area (Å²) in [4.78, 5) is 11.9. The summed E-state index contributed by atoms with van der Waals surface area (Å²) < 4.78 is 5.76. The van der Waals surface area contributed by atoms with Crippen LogP contribution in [0.1, 0.15) is 78.6 Å². The number of carbonyl (C=O) groups excluding carboxylic acids is 1. The molecular formula is C34H55NO6.